The van der Waals surface area contributed by atoms with Gasteiger partial charge in [-0.1, -0.05) is 11.8 Å². The van der Waals surface area contributed by atoms with Crippen LogP contribution in [0.1, 0.15) is 0 Å². The fourth-order valence-corrected chi connectivity index (χ4v) is 12.3. The van der Waals surface area contributed by atoms with Crippen LogP contribution in [0.4, 0.5) is 0 Å². The van der Waals surface area contributed by atoms with Crippen molar-refractivity contribution in [2.24, 2.45) is 0 Å². The summed E-state index contributed by atoms with van der Waals surface area (Å²) in [6.45, 7) is 1.81. The monoisotopic (exact) mass is 782 g/mol. The lowest BCUT2D eigenvalue weighted by Gasteiger charge is -2.05. The lowest BCUT2D eigenvalue weighted by atomic mass is 10.7. The molecule has 0 heterocycles. The molecule has 1 unspecified atom stereocenters. The summed E-state index contributed by atoms with van der Waals surface area (Å²) in [5.41, 5.74) is 0. The van der Waals surface area contributed by atoms with Gasteiger partial charge >= 0.3 is 5.97 Å². The molecular weight excluding hydrogens is 737 g/mol. The summed E-state index contributed by atoms with van der Waals surface area (Å²) in [5.74, 6) is 11.7. The van der Waals surface area contributed by atoms with E-state index in [4.69, 9.17) is 24.7 Å². The maximum absolute atomic E-state index is 12.1. The molecule has 0 aliphatic heterocycles. The number of thioether (sulfide) groups is 9. The van der Waals surface area contributed by atoms with E-state index in [2.05, 4.69) is 0 Å². The predicted molar refractivity (Wildman–Crippen MR) is 201 cm³/mol. The molecular formula is C24H46O8S10. The van der Waals surface area contributed by atoms with E-state index in [1.54, 1.807) is 94.1 Å². The Balaban J connectivity index is 3.31. The number of aliphatic hydroxyl groups excluding tert-OH is 2. The van der Waals surface area contributed by atoms with Crippen LogP contribution in [0.2, 0.25) is 0 Å². The summed E-state index contributed by atoms with van der Waals surface area (Å²) >= 11 is 14.8. The SMILES string of the molecule is O=C(CSCCSCCS(=O)CSCCSCSC(=O)CSCCSCCOOCCSCCO)OCCSCCO. The Morgan fingerprint density at radius 3 is 1.76 bits per heavy atom. The molecule has 0 spiro atoms. The fraction of sp³-hybridized carbons (Fsp3) is 0.917. The van der Waals surface area contributed by atoms with E-state index in [0.717, 1.165) is 62.6 Å². The van der Waals surface area contributed by atoms with Gasteiger partial charge in [-0.05, 0) is 0 Å². The van der Waals surface area contributed by atoms with Crippen molar-refractivity contribution in [3.8, 4) is 0 Å². The zero-order valence-corrected chi connectivity index (χ0v) is 32.1. The topological polar surface area (TPSA) is 119 Å². The van der Waals surface area contributed by atoms with E-state index in [1.807, 2.05) is 0 Å². The molecule has 0 saturated heterocycles. The third kappa shape index (κ3) is 36.7. The molecule has 0 bridgehead atoms. The average molecular weight is 783 g/mol. The summed E-state index contributed by atoms with van der Waals surface area (Å²) in [6.07, 6.45) is 0. The van der Waals surface area contributed by atoms with Crippen molar-refractivity contribution in [1.29, 1.82) is 0 Å². The van der Waals surface area contributed by atoms with E-state index in [0.29, 0.717) is 53.7 Å². The molecule has 0 rings (SSSR count). The molecule has 0 aliphatic rings. The highest BCUT2D eigenvalue weighted by atomic mass is 32.2. The minimum absolute atomic E-state index is 0.145. The number of carbonyl (C=O) groups excluding carboxylic acids is 2. The van der Waals surface area contributed by atoms with Crippen molar-refractivity contribution in [3.63, 3.8) is 0 Å². The Morgan fingerprint density at radius 1 is 0.571 bits per heavy atom. The van der Waals surface area contributed by atoms with Crippen molar-refractivity contribution in [2.45, 2.75) is 0 Å². The van der Waals surface area contributed by atoms with Crippen LogP contribution in [0, 0.1) is 0 Å². The number of ether oxygens (including phenoxy) is 1. The molecule has 0 aromatic carbocycles. The Kier molecular flexibility index (Phi) is 39.8. The highest BCUT2D eigenvalue weighted by molar-refractivity contribution is 8.25. The first-order valence-corrected chi connectivity index (χ1v) is 25.1. The molecule has 0 saturated carbocycles. The number of carbonyl (C=O) groups is 2. The number of aliphatic hydroxyl groups is 2. The lowest BCUT2D eigenvalue weighted by Crippen LogP contribution is -2.11. The Hall–Kier alpha value is 2.28. The van der Waals surface area contributed by atoms with Crippen LogP contribution >= 0.6 is 106 Å². The molecule has 0 fully saturated rings. The number of rotatable bonds is 34. The van der Waals surface area contributed by atoms with Crippen LogP contribution in [0.3, 0.4) is 0 Å². The minimum Gasteiger partial charge on any atom is -0.464 e. The largest absolute Gasteiger partial charge is 0.464 e. The minimum atomic E-state index is -0.817. The van der Waals surface area contributed by atoms with Gasteiger partial charge in [-0.3, -0.25) is 13.8 Å². The van der Waals surface area contributed by atoms with Gasteiger partial charge in [0.2, 0.25) is 0 Å². The number of hydrogen-bond acceptors (Lipinski definition) is 17. The lowest BCUT2D eigenvalue weighted by molar-refractivity contribution is -0.285. The molecule has 0 radical (unpaired) electrons. The van der Waals surface area contributed by atoms with Crippen LogP contribution in [-0.2, 0) is 34.9 Å². The van der Waals surface area contributed by atoms with Crippen LogP contribution in [0.15, 0.2) is 0 Å². The Labute approximate surface area is 293 Å². The van der Waals surface area contributed by atoms with Gasteiger partial charge in [-0.25, -0.2) is 9.78 Å². The normalized spacial score (nSPS) is 12.0. The van der Waals surface area contributed by atoms with Crippen LogP contribution in [0.25, 0.3) is 0 Å². The summed E-state index contributed by atoms with van der Waals surface area (Å²) < 4.78 is 17.3. The fourth-order valence-electron chi connectivity index (χ4n) is 2.33. The second-order valence-corrected chi connectivity index (χ2v) is 20.2. The van der Waals surface area contributed by atoms with Gasteiger partial charge in [0.25, 0.3) is 0 Å². The zero-order valence-electron chi connectivity index (χ0n) is 24.0. The van der Waals surface area contributed by atoms with Gasteiger partial charge < -0.3 is 14.9 Å². The van der Waals surface area contributed by atoms with E-state index in [1.165, 1.54) is 11.8 Å². The summed E-state index contributed by atoms with van der Waals surface area (Å²) in [7, 11) is -0.817. The average Bonchev–Trinajstić information content (AvgIpc) is 2.98. The van der Waals surface area contributed by atoms with E-state index >= 15 is 0 Å². The first-order chi connectivity index (χ1) is 20.6. The highest BCUT2D eigenvalue weighted by Crippen LogP contribution is 2.18. The number of esters is 1. The second kappa shape index (κ2) is 37.7. The zero-order chi connectivity index (χ0) is 30.8. The van der Waals surface area contributed by atoms with E-state index < -0.39 is 10.8 Å². The molecule has 8 nitrogen and oxygen atoms in total. The van der Waals surface area contributed by atoms with Crippen LogP contribution in [0.5, 0.6) is 0 Å². The molecule has 0 amide bonds. The molecule has 250 valence electrons. The summed E-state index contributed by atoms with van der Waals surface area (Å²) in [4.78, 5) is 33.8. The van der Waals surface area contributed by atoms with Gasteiger partial charge in [0.15, 0.2) is 5.12 Å². The first-order valence-electron chi connectivity index (χ1n) is 13.3. The van der Waals surface area contributed by atoms with Crippen molar-refractivity contribution in [2.75, 3.05) is 129 Å². The van der Waals surface area contributed by atoms with Gasteiger partial charge in [0.1, 0.15) is 6.61 Å². The second-order valence-electron chi connectivity index (χ2n) is 7.58. The third-order valence-electron chi connectivity index (χ3n) is 4.20. The first kappa shape index (κ1) is 44.3. The molecule has 0 aliphatic carbocycles. The van der Waals surface area contributed by atoms with E-state index in [-0.39, 0.29) is 24.3 Å². The Morgan fingerprint density at radius 2 is 1.10 bits per heavy atom. The third-order valence-corrected chi connectivity index (χ3v) is 16.1. The van der Waals surface area contributed by atoms with Crippen LogP contribution in [-0.4, -0.2) is 155 Å². The van der Waals surface area contributed by atoms with Crippen molar-refractivity contribution in [1.82, 2.24) is 0 Å². The van der Waals surface area contributed by atoms with E-state index in [9.17, 15) is 13.8 Å². The highest BCUT2D eigenvalue weighted by Gasteiger charge is 2.06. The van der Waals surface area contributed by atoms with Crippen molar-refractivity contribution < 1.29 is 38.5 Å². The standard InChI is InChI=1S/C24H46O8S10/c25-1-6-33-8-3-30-23(27)19-37-13-12-36-17-18-42(29)22-40-16-15-39-21-41-24(28)20-38-14-11-35-10-5-32-31-4-9-34-7-2-26/h25-26H,1-22H2. The van der Waals surface area contributed by atoms with Gasteiger partial charge in [0.05, 0.1) is 43.0 Å². The van der Waals surface area contributed by atoms with Crippen molar-refractivity contribution in [3.05, 3.63) is 0 Å². The molecule has 18 heteroatoms. The number of hydrogen-bond donors (Lipinski definition) is 2. The molecule has 2 N–H and O–H groups in total. The van der Waals surface area contributed by atoms with Crippen LogP contribution < -0.4 is 0 Å². The molecule has 0 aromatic heterocycles. The molecule has 1 atom stereocenters. The smallest absolute Gasteiger partial charge is 0.315 e. The summed E-state index contributed by atoms with van der Waals surface area (Å²) in [6, 6.07) is 0. The van der Waals surface area contributed by atoms with Gasteiger partial charge in [-0.2, -0.15) is 58.8 Å². The quantitative estimate of drug-likeness (QED) is 0.0318. The maximum Gasteiger partial charge on any atom is 0.315 e. The van der Waals surface area contributed by atoms with Gasteiger partial charge in [-0.15, -0.1) is 35.3 Å². The predicted octanol–water partition coefficient (Wildman–Crippen LogP) is 4.25. The summed E-state index contributed by atoms with van der Waals surface area (Å²) in [5, 5.41) is 19.0. The van der Waals surface area contributed by atoms with Crippen molar-refractivity contribution >= 4 is 128 Å². The maximum atomic E-state index is 12.1. The Bertz CT molecular complexity index is 640. The molecule has 0 aromatic rings. The van der Waals surface area contributed by atoms with Gasteiger partial charge in [0, 0.05) is 90.7 Å². The molecule has 42 heavy (non-hydrogen) atoms.